The third-order valence-corrected chi connectivity index (χ3v) is 4.01. The molecule has 0 aliphatic rings. The molecule has 2 rings (SSSR count). The summed E-state index contributed by atoms with van der Waals surface area (Å²) in [6, 6.07) is 7.10. The van der Waals surface area contributed by atoms with Crippen LogP contribution in [-0.4, -0.2) is 24.2 Å². The predicted octanol–water partition coefficient (Wildman–Crippen LogP) is 2.09. The molecule has 0 unspecified atom stereocenters. The first-order valence-corrected chi connectivity index (χ1v) is 7.26. The van der Waals surface area contributed by atoms with Crippen LogP contribution in [0.25, 0.3) is 0 Å². The van der Waals surface area contributed by atoms with E-state index in [1.165, 1.54) is 11.3 Å². The Morgan fingerprint density at radius 1 is 1.40 bits per heavy atom. The van der Waals surface area contributed by atoms with E-state index in [4.69, 9.17) is 4.42 Å². The van der Waals surface area contributed by atoms with E-state index in [1.807, 2.05) is 29.6 Å². The van der Waals surface area contributed by atoms with Crippen LogP contribution in [-0.2, 0) is 12.0 Å². The van der Waals surface area contributed by atoms with Crippen LogP contribution < -0.4 is 10.6 Å². The number of urea groups is 1. The number of nitrogens with one attached hydrogen (secondary N) is 2. The fourth-order valence-electron chi connectivity index (χ4n) is 1.74. The molecule has 0 radical (unpaired) electrons. The Kier molecular flexibility index (Phi) is 4.81. The van der Waals surface area contributed by atoms with E-state index in [0.29, 0.717) is 13.0 Å². The largest absolute Gasteiger partial charge is 0.469 e. The van der Waals surface area contributed by atoms with Crippen molar-refractivity contribution in [3.05, 3.63) is 46.5 Å². The maximum absolute atomic E-state index is 11.6. The van der Waals surface area contributed by atoms with E-state index < -0.39 is 5.60 Å². The number of carbonyl (C=O) groups is 1. The first kappa shape index (κ1) is 14.6. The van der Waals surface area contributed by atoms with Crippen molar-refractivity contribution in [2.75, 3.05) is 13.1 Å². The molecule has 6 heteroatoms. The Bertz CT molecular complexity index is 521. The van der Waals surface area contributed by atoms with Gasteiger partial charge < -0.3 is 20.2 Å². The first-order valence-electron chi connectivity index (χ1n) is 6.38. The molecular formula is C14H18N2O3S. The van der Waals surface area contributed by atoms with E-state index in [-0.39, 0.29) is 12.6 Å². The average Bonchev–Trinajstić information content (AvgIpc) is 3.09. The van der Waals surface area contributed by atoms with Crippen molar-refractivity contribution >= 4 is 17.4 Å². The molecule has 0 bridgehead atoms. The van der Waals surface area contributed by atoms with Crippen molar-refractivity contribution < 1.29 is 14.3 Å². The summed E-state index contributed by atoms with van der Waals surface area (Å²) in [5.74, 6) is 0.830. The van der Waals surface area contributed by atoms with Gasteiger partial charge in [-0.15, -0.1) is 11.3 Å². The van der Waals surface area contributed by atoms with Crippen LogP contribution in [0.2, 0.25) is 0 Å². The van der Waals surface area contributed by atoms with Crippen molar-refractivity contribution in [2.24, 2.45) is 0 Å². The monoisotopic (exact) mass is 294 g/mol. The molecular weight excluding hydrogens is 276 g/mol. The predicted molar refractivity (Wildman–Crippen MR) is 77.7 cm³/mol. The zero-order valence-corrected chi connectivity index (χ0v) is 12.1. The van der Waals surface area contributed by atoms with Gasteiger partial charge in [0.15, 0.2) is 0 Å². The Morgan fingerprint density at radius 3 is 2.90 bits per heavy atom. The SMILES string of the molecule is C[C@](O)(CNC(=O)NCCc1ccco1)c1cccs1. The van der Waals surface area contributed by atoms with Gasteiger partial charge in [0.1, 0.15) is 11.4 Å². The summed E-state index contributed by atoms with van der Waals surface area (Å²) in [6.07, 6.45) is 2.25. The van der Waals surface area contributed by atoms with Gasteiger partial charge in [0.25, 0.3) is 0 Å². The average molecular weight is 294 g/mol. The van der Waals surface area contributed by atoms with Gasteiger partial charge in [-0.25, -0.2) is 4.79 Å². The van der Waals surface area contributed by atoms with Crippen molar-refractivity contribution in [1.29, 1.82) is 0 Å². The Hall–Kier alpha value is -1.79. The second kappa shape index (κ2) is 6.58. The zero-order chi connectivity index (χ0) is 14.4. The van der Waals surface area contributed by atoms with Gasteiger partial charge >= 0.3 is 6.03 Å². The number of rotatable bonds is 6. The number of aliphatic hydroxyl groups is 1. The number of hydrogen-bond acceptors (Lipinski definition) is 4. The van der Waals surface area contributed by atoms with E-state index >= 15 is 0 Å². The number of hydrogen-bond donors (Lipinski definition) is 3. The first-order chi connectivity index (χ1) is 9.58. The lowest BCUT2D eigenvalue weighted by atomic mass is 10.1. The number of furan rings is 1. The van der Waals surface area contributed by atoms with Crippen LogP contribution in [0.4, 0.5) is 4.79 Å². The minimum atomic E-state index is -1.05. The summed E-state index contributed by atoms with van der Waals surface area (Å²) >= 11 is 1.46. The lowest BCUT2D eigenvalue weighted by Crippen LogP contribution is -2.43. The van der Waals surface area contributed by atoms with Crippen molar-refractivity contribution in [2.45, 2.75) is 18.9 Å². The molecule has 0 spiro atoms. The van der Waals surface area contributed by atoms with Gasteiger partial charge in [-0.05, 0) is 30.5 Å². The molecule has 0 saturated carbocycles. The topological polar surface area (TPSA) is 74.5 Å². The summed E-state index contributed by atoms with van der Waals surface area (Å²) in [4.78, 5) is 12.5. The maximum atomic E-state index is 11.6. The second-order valence-electron chi connectivity index (χ2n) is 4.69. The molecule has 2 aromatic heterocycles. The van der Waals surface area contributed by atoms with Gasteiger partial charge in [-0.3, -0.25) is 0 Å². The highest BCUT2D eigenvalue weighted by Gasteiger charge is 2.24. The van der Waals surface area contributed by atoms with E-state index in [9.17, 15) is 9.90 Å². The molecule has 0 aromatic carbocycles. The molecule has 2 heterocycles. The lowest BCUT2D eigenvalue weighted by molar-refractivity contribution is 0.0631. The number of amides is 2. The lowest BCUT2D eigenvalue weighted by Gasteiger charge is -2.22. The number of carbonyl (C=O) groups excluding carboxylic acids is 1. The van der Waals surface area contributed by atoms with Gasteiger partial charge in [0, 0.05) is 17.8 Å². The summed E-state index contributed by atoms with van der Waals surface area (Å²) in [5, 5.41) is 17.5. The van der Waals surface area contributed by atoms with Crippen molar-refractivity contribution in [3.63, 3.8) is 0 Å². The highest BCUT2D eigenvalue weighted by Crippen LogP contribution is 2.24. The molecule has 2 amide bonds. The Morgan fingerprint density at radius 2 is 2.25 bits per heavy atom. The molecule has 20 heavy (non-hydrogen) atoms. The summed E-state index contributed by atoms with van der Waals surface area (Å²) < 4.78 is 5.17. The van der Waals surface area contributed by atoms with E-state index in [2.05, 4.69) is 10.6 Å². The van der Waals surface area contributed by atoms with Crippen molar-refractivity contribution in [1.82, 2.24) is 10.6 Å². The third kappa shape index (κ3) is 4.11. The zero-order valence-electron chi connectivity index (χ0n) is 11.3. The maximum Gasteiger partial charge on any atom is 0.314 e. The fourth-order valence-corrected chi connectivity index (χ4v) is 2.53. The summed E-state index contributed by atoms with van der Waals surface area (Å²) in [7, 11) is 0. The minimum absolute atomic E-state index is 0.167. The summed E-state index contributed by atoms with van der Waals surface area (Å²) in [6.45, 7) is 2.34. The van der Waals surface area contributed by atoms with Gasteiger partial charge in [-0.1, -0.05) is 6.07 Å². The molecule has 5 nitrogen and oxygen atoms in total. The van der Waals surface area contributed by atoms with E-state index in [0.717, 1.165) is 10.6 Å². The molecule has 108 valence electrons. The quantitative estimate of drug-likeness (QED) is 0.763. The van der Waals surface area contributed by atoms with E-state index in [1.54, 1.807) is 13.2 Å². The van der Waals surface area contributed by atoms with Crippen LogP contribution in [0.5, 0.6) is 0 Å². The van der Waals surface area contributed by atoms with Crippen LogP contribution in [0.3, 0.4) is 0 Å². The third-order valence-electron chi connectivity index (χ3n) is 2.88. The van der Waals surface area contributed by atoms with Crippen LogP contribution in [0, 0.1) is 0 Å². The van der Waals surface area contributed by atoms with Gasteiger partial charge in [0.05, 0.1) is 12.8 Å². The molecule has 0 aliphatic carbocycles. The molecule has 0 saturated heterocycles. The molecule has 0 aliphatic heterocycles. The van der Waals surface area contributed by atoms with Gasteiger partial charge in [-0.2, -0.15) is 0 Å². The fraction of sp³-hybridized carbons (Fsp3) is 0.357. The molecule has 1 atom stereocenters. The molecule has 2 aromatic rings. The van der Waals surface area contributed by atoms with Crippen LogP contribution in [0.1, 0.15) is 17.6 Å². The highest BCUT2D eigenvalue weighted by molar-refractivity contribution is 7.10. The second-order valence-corrected chi connectivity index (χ2v) is 5.64. The van der Waals surface area contributed by atoms with Gasteiger partial charge in [0.2, 0.25) is 0 Å². The van der Waals surface area contributed by atoms with Crippen molar-refractivity contribution in [3.8, 4) is 0 Å². The standard InChI is InChI=1S/C14H18N2O3S/c1-14(18,12-5-3-9-20-12)10-16-13(17)15-7-6-11-4-2-8-19-11/h2-5,8-9,18H,6-7,10H2,1H3,(H2,15,16,17)/t14-/m0/s1. The van der Waals surface area contributed by atoms with Crippen LogP contribution >= 0.6 is 11.3 Å². The normalized spacial score (nSPS) is 13.7. The molecule has 3 N–H and O–H groups in total. The number of thiophene rings is 1. The van der Waals surface area contributed by atoms with Crippen LogP contribution in [0.15, 0.2) is 40.3 Å². The highest BCUT2D eigenvalue weighted by atomic mass is 32.1. The Balaban J connectivity index is 1.69. The molecule has 0 fully saturated rings. The summed E-state index contributed by atoms with van der Waals surface area (Å²) in [5.41, 5.74) is -1.05. The minimum Gasteiger partial charge on any atom is -0.469 e. The Labute approximate surface area is 121 Å². The smallest absolute Gasteiger partial charge is 0.314 e.